The smallest absolute Gasteiger partial charge is 0.258 e. The van der Waals surface area contributed by atoms with E-state index in [1.807, 2.05) is 18.2 Å². The molecule has 110 valence electrons. The lowest BCUT2D eigenvalue weighted by atomic mass is 10.1. The summed E-state index contributed by atoms with van der Waals surface area (Å²) in [5, 5.41) is 22.2. The normalized spacial score (nSPS) is 9.64. The fourth-order valence-corrected chi connectivity index (χ4v) is 1.92. The van der Waals surface area contributed by atoms with Crippen LogP contribution in [0.3, 0.4) is 0 Å². The number of hydrogen-bond donors (Lipinski definition) is 0. The monoisotopic (exact) mass is 296 g/mol. The van der Waals surface area contributed by atoms with Crippen molar-refractivity contribution in [3.05, 3.63) is 93.0 Å². The Hall–Kier alpha value is -3.28. The number of nitrogens with zero attached hydrogens (tertiary/aromatic N) is 2. The highest BCUT2D eigenvalue weighted by molar-refractivity contribution is 5.90. The maximum absolute atomic E-state index is 10.6. The molecule has 0 heterocycles. The molecule has 6 nitrogen and oxygen atoms in total. The Kier molecular flexibility index (Phi) is 4.77. The molecule has 0 radical (unpaired) electrons. The van der Waals surface area contributed by atoms with Crippen molar-refractivity contribution < 1.29 is 9.85 Å². The average molecular weight is 296 g/mol. The van der Waals surface area contributed by atoms with Crippen LogP contribution in [-0.2, 0) is 0 Å². The van der Waals surface area contributed by atoms with Gasteiger partial charge in [-0.2, -0.15) is 0 Å². The van der Waals surface area contributed by atoms with Gasteiger partial charge in [0.25, 0.3) is 11.4 Å². The Balaban J connectivity index is 0.000000172. The van der Waals surface area contributed by atoms with Crippen molar-refractivity contribution in [3.63, 3.8) is 0 Å². The minimum absolute atomic E-state index is 0.137. The second-order valence-electron chi connectivity index (χ2n) is 4.35. The maximum Gasteiger partial charge on any atom is 0.277 e. The zero-order chi connectivity index (χ0) is 15.9. The Morgan fingerprint density at radius 2 is 1.23 bits per heavy atom. The Labute approximate surface area is 125 Å². The van der Waals surface area contributed by atoms with Gasteiger partial charge in [-0.1, -0.05) is 48.5 Å². The van der Waals surface area contributed by atoms with E-state index in [9.17, 15) is 20.2 Å². The molecule has 3 aromatic rings. The van der Waals surface area contributed by atoms with Gasteiger partial charge >= 0.3 is 0 Å². The quantitative estimate of drug-likeness (QED) is 0.520. The second kappa shape index (κ2) is 6.94. The summed E-state index contributed by atoms with van der Waals surface area (Å²) in [6, 6.07) is 20.3. The van der Waals surface area contributed by atoms with E-state index in [0.717, 1.165) is 5.39 Å². The molecule has 0 spiro atoms. The molecule has 0 unspecified atom stereocenters. The maximum atomic E-state index is 10.6. The first-order valence-electron chi connectivity index (χ1n) is 6.41. The van der Waals surface area contributed by atoms with Crippen molar-refractivity contribution in [2.75, 3.05) is 0 Å². The first-order chi connectivity index (χ1) is 10.6. The second-order valence-corrected chi connectivity index (χ2v) is 4.35. The number of benzene rings is 3. The number of rotatable bonds is 2. The first-order valence-corrected chi connectivity index (χ1v) is 6.41. The zero-order valence-corrected chi connectivity index (χ0v) is 11.5. The van der Waals surface area contributed by atoms with Crippen molar-refractivity contribution >= 4 is 22.1 Å². The van der Waals surface area contributed by atoms with Gasteiger partial charge in [0.05, 0.1) is 15.2 Å². The van der Waals surface area contributed by atoms with E-state index in [4.69, 9.17) is 0 Å². The van der Waals surface area contributed by atoms with E-state index in [1.54, 1.807) is 36.4 Å². The van der Waals surface area contributed by atoms with Crippen LogP contribution in [0.4, 0.5) is 11.4 Å². The largest absolute Gasteiger partial charge is 0.277 e. The molecular formula is C16H12N2O4. The van der Waals surface area contributed by atoms with Crippen LogP contribution in [0.25, 0.3) is 10.8 Å². The molecule has 0 bridgehead atoms. The summed E-state index contributed by atoms with van der Waals surface area (Å²) in [5.41, 5.74) is 0.301. The molecule has 0 aliphatic heterocycles. The lowest BCUT2D eigenvalue weighted by Crippen LogP contribution is -1.88. The number of nitro benzene ring substituents is 2. The van der Waals surface area contributed by atoms with Crippen LogP contribution in [0, 0.1) is 20.2 Å². The van der Waals surface area contributed by atoms with E-state index in [2.05, 4.69) is 0 Å². The number of fused-ring (bicyclic) bond motifs is 1. The SMILES string of the molecule is O=[N+]([O-])c1cccc2ccccc12.O=[N+]([O-])c1ccccc1. The summed E-state index contributed by atoms with van der Waals surface area (Å²) < 4.78 is 0. The summed E-state index contributed by atoms with van der Waals surface area (Å²) in [6.45, 7) is 0. The molecule has 0 amide bonds. The topological polar surface area (TPSA) is 86.3 Å². The fraction of sp³-hybridized carbons (Fsp3) is 0. The molecule has 0 atom stereocenters. The lowest BCUT2D eigenvalue weighted by Gasteiger charge is -1.97. The molecular weight excluding hydrogens is 284 g/mol. The number of hydrogen-bond acceptors (Lipinski definition) is 4. The van der Waals surface area contributed by atoms with E-state index in [1.165, 1.54) is 18.2 Å². The van der Waals surface area contributed by atoms with Crippen LogP contribution < -0.4 is 0 Å². The molecule has 22 heavy (non-hydrogen) atoms. The number of nitro groups is 2. The summed E-state index contributed by atoms with van der Waals surface area (Å²) in [7, 11) is 0. The van der Waals surface area contributed by atoms with E-state index in [0.29, 0.717) is 5.39 Å². The van der Waals surface area contributed by atoms with Crippen molar-refractivity contribution in [1.29, 1.82) is 0 Å². The molecule has 0 aromatic heterocycles. The zero-order valence-electron chi connectivity index (χ0n) is 11.5. The molecule has 0 aliphatic carbocycles. The molecule has 3 aromatic carbocycles. The standard InChI is InChI=1S/C10H7NO2.C6H5NO2/c12-11(13)10-7-3-5-8-4-1-2-6-9(8)10;8-7(9)6-4-2-1-3-5-6/h1-7H;1-5H. The molecule has 0 saturated carbocycles. The van der Waals surface area contributed by atoms with Crippen LogP contribution in [-0.4, -0.2) is 9.85 Å². The summed E-state index contributed by atoms with van der Waals surface area (Å²) in [5.74, 6) is 0. The fourth-order valence-electron chi connectivity index (χ4n) is 1.92. The van der Waals surface area contributed by atoms with Gasteiger partial charge in [0.1, 0.15) is 0 Å². The van der Waals surface area contributed by atoms with E-state index in [-0.39, 0.29) is 16.3 Å². The van der Waals surface area contributed by atoms with Crippen molar-refractivity contribution in [1.82, 2.24) is 0 Å². The third-order valence-electron chi connectivity index (χ3n) is 2.93. The third kappa shape index (κ3) is 3.63. The molecule has 0 aliphatic rings. The van der Waals surface area contributed by atoms with Gasteiger partial charge in [-0.05, 0) is 11.5 Å². The molecule has 6 heteroatoms. The van der Waals surface area contributed by atoms with Crippen molar-refractivity contribution in [2.45, 2.75) is 0 Å². The van der Waals surface area contributed by atoms with Crippen LogP contribution >= 0.6 is 0 Å². The van der Waals surface area contributed by atoms with Gasteiger partial charge in [-0.25, -0.2) is 0 Å². The Morgan fingerprint density at radius 3 is 1.82 bits per heavy atom. The highest BCUT2D eigenvalue weighted by Gasteiger charge is 2.08. The minimum Gasteiger partial charge on any atom is -0.258 e. The minimum atomic E-state index is -0.417. The van der Waals surface area contributed by atoms with Crippen molar-refractivity contribution in [3.8, 4) is 0 Å². The van der Waals surface area contributed by atoms with Gasteiger partial charge in [0.2, 0.25) is 0 Å². The van der Waals surface area contributed by atoms with E-state index < -0.39 is 4.92 Å². The lowest BCUT2D eigenvalue weighted by molar-refractivity contribution is -0.384. The van der Waals surface area contributed by atoms with Crippen LogP contribution in [0.5, 0.6) is 0 Å². The molecule has 0 fully saturated rings. The predicted molar refractivity (Wildman–Crippen MR) is 83.7 cm³/mol. The molecule has 0 N–H and O–H groups in total. The van der Waals surface area contributed by atoms with E-state index >= 15 is 0 Å². The van der Waals surface area contributed by atoms with Crippen LogP contribution in [0.15, 0.2) is 72.8 Å². The van der Waals surface area contributed by atoms with Gasteiger partial charge < -0.3 is 0 Å². The highest BCUT2D eigenvalue weighted by atomic mass is 16.6. The summed E-state index contributed by atoms with van der Waals surface area (Å²) in [6.07, 6.45) is 0. The van der Waals surface area contributed by atoms with Gasteiger partial charge in [-0.3, -0.25) is 20.2 Å². The predicted octanol–water partition coefficient (Wildman–Crippen LogP) is 4.34. The highest BCUT2D eigenvalue weighted by Crippen LogP contribution is 2.24. The Bertz CT molecular complexity index is 798. The van der Waals surface area contributed by atoms with Crippen LogP contribution in [0.1, 0.15) is 0 Å². The first kappa shape index (κ1) is 15.1. The third-order valence-corrected chi connectivity index (χ3v) is 2.93. The number of non-ortho nitro benzene ring substituents is 2. The Morgan fingerprint density at radius 1 is 0.636 bits per heavy atom. The summed E-state index contributed by atoms with van der Waals surface area (Å²) in [4.78, 5) is 19.9. The van der Waals surface area contributed by atoms with Crippen molar-refractivity contribution in [2.24, 2.45) is 0 Å². The molecule has 3 rings (SSSR count). The van der Waals surface area contributed by atoms with Gasteiger partial charge in [-0.15, -0.1) is 0 Å². The summed E-state index contributed by atoms with van der Waals surface area (Å²) >= 11 is 0. The molecule has 0 saturated heterocycles. The van der Waals surface area contributed by atoms with Crippen LogP contribution in [0.2, 0.25) is 0 Å². The average Bonchev–Trinajstić information content (AvgIpc) is 2.55. The van der Waals surface area contributed by atoms with Gasteiger partial charge in [0.15, 0.2) is 0 Å². The number of para-hydroxylation sites is 1. The van der Waals surface area contributed by atoms with Gasteiger partial charge in [0, 0.05) is 18.2 Å².